The summed E-state index contributed by atoms with van der Waals surface area (Å²) in [6, 6.07) is 6.15. The molecular weight excluding hydrogens is 372 g/mol. The number of sulfonamides is 1. The van der Waals surface area contributed by atoms with Crippen molar-refractivity contribution in [2.75, 3.05) is 26.0 Å². The number of hydrogen-bond donors (Lipinski definition) is 1. The second-order valence-electron chi connectivity index (χ2n) is 6.61. The lowest BCUT2D eigenvalue weighted by atomic mass is 10.1. The standard InChI is InChI=1S/C18H26N2O6S/c1-3-11-27(24,25)20-10-4-5-16(20)18(23)19(2)12-14-6-8-15(9-7-14)26-13-17(21)22/h6-9,16H,3-5,10-13H2,1-2H3,(H,21,22). The summed E-state index contributed by atoms with van der Waals surface area (Å²) in [5, 5.41) is 8.61. The van der Waals surface area contributed by atoms with Gasteiger partial charge in [0.25, 0.3) is 0 Å². The van der Waals surface area contributed by atoms with Gasteiger partial charge in [0.05, 0.1) is 5.75 Å². The van der Waals surface area contributed by atoms with E-state index in [2.05, 4.69) is 0 Å². The molecule has 27 heavy (non-hydrogen) atoms. The molecule has 0 aromatic heterocycles. The third-order valence-corrected chi connectivity index (χ3v) is 6.47. The minimum Gasteiger partial charge on any atom is -0.482 e. The number of carbonyl (C=O) groups excluding carboxylic acids is 1. The van der Waals surface area contributed by atoms with Crippen LogP contribution in [0.3, 0.4) is 0 Å². The van der Waals surface area contributed by atoms with Gasteiger partial charge in [-0.15, -0.1) is 0 Å². The number of hydrogen-bond acceptors (Lipinski definition) is 5. The molecule has 0 radical (unpaired) electrons. The van der Waals surface area contributed by atoms with Crippen molar-refractivity contribution in [3.05, 3.63) is 29.8 Å². The molecule has 1 N–H and O–H groups in total. The molecule has 1 amide bonds. The van der Waals surface area contributed by atoms with Crippen LogP contribution in [0.5, 0.6) is 5.75 Å². The third-order valence-electron chi connectivity index (χ3n) is 4.39. The van der Waals surface area contributed by atoms with E-state index in [-0.39, 0.29) is 11.7 Å². The first-order valence-electron chi connectivity index (χ1n) is 8.92. The lowest BCUT2D eigenvalue weighted by Crippen LogP contribution is -2.46. The van der Waals surface area contributed by atoms with Crippen molar-refractivity contribution in [1.29, 1.82) is 0 Å². The number of carboxylic acid groups (broad SMARTS) is 1. The van der Waals surface area contributed by atoms with Crippen LogP contribution in [0.1, 0.15) is 31.7 Å². The zero-order chi connectivity index (χ0) is 20.0. The lowest BCUT2D eigenvalue weighted by molar-refractivity contribution is -0.139. The Bertz CT molecular complexity index is 763. The van der Waals surface area contributed by atoms with E-state index in [1.54, 1.807) is 38.2 Å². The van der Waals surface area contributed by atoms with Crippen LogP contribution in [0.4, 0.5) is 0 Å². The van der Waals surface area contributed by atoms with Gasteiger partial charge in [-0.2, -0.15) is 4.31 Å². The number of amides is 1. The first-order chi connectivity index (χ1) is 12.7. The maximum Gasteiger partial charge on any atom is 0.341 e. The summed E-state index contributed by atoms with van der Waals surface area (Å²) in [6.07, 6.45) is 1.74. The van der Waals surface area contributed by atoms with Gasteiger partial charge in [0.1, 0.15) is 11.8 Å². The number of aliphatic carboxylic acids is 1. The highest BCUT2D eigenvalue weighted by molar-refractivity contribution is 7.89. The van der Waals surface area contributed by atoms with E-state index in [1.165, 1.54) is 9.21 Å². The molecule has 1 aromatic rings. The van der Waals surface area contributed by atoms with Crippen molar-refractivity contribution in [2.45, 2.75) is 38.8 Å². The number of ether oxygens (including phenoxy) is 1. The summed E-state index contributed by atoms with van der Waals surface area (Å²) in [5.74, 6) is -0.775. The predicted molar refractivity (Wildman–Crippen MR) is 99.9 cm³/mol. The third kappa shape index (κ3) is 5.67. The van der Waals surface area contributed by atoms with E-state index in [1.807, 2.05) is 0 Å². The van der Waals surface area contributed by atoms with E-state index >= 15 is 0 Å². The van der Waals surface area contributed by atoms with E-state index in [9.17, 15) is 18.0 Å². The van der Waals surface area contributed by atoms with Gasteiger partial charge in [-0.05, 0) is 37.0 Å². The second-order valence-corrected chi connectivity index (χ2v) is 8.65. The van der Waals surface area contributed by atoms with Gasteiger partial charge in [-0.3, -0.25) is 4.79 Å². The first kappa shape index (κ1) is 21.2. The second kappa shape index (κ2) is 9.18. The van der Waals surface area contributed by atoms with Gasteiger partial charge in [0, 0.05) is 20.1 Å². The van der Waals surface area contributed by atoms with E-state index in [0.717, 1.165) is 5.56 Å². The summed E-state index contributed by atoms with van der Waals surface area (Å²) in [7, 11) is -1.76. The molecule has 1 atom stereocenters. The van der Waals surface area contributed by atoms with Gasteiger partial charge in [0.15, 0.2) is 6.61 Å². The van der Waals surface area contributed by atoms with Crippen LogP contribution in [0.25, 0.3) is 0 Å². The first-order valence-corrected chi connectivity index (χ1v) is 10.5. The average Bonchev–Trinajstić information content (AvgIpc) is 3.11. The molecule has 0 aliphatic carbocycles. The number of carbonyl (C=O) groups is 2. The van der Waals surface area contributed by atoms with E-state index in [0.29, 0.717) is 38.1 Å². The summed E-state index contributed by atoms with van der Waals surface area (Å²) in [6.45, 7) is 2.11. The Balaban J connectivity index is 1.99. The minimum absolute atomic E-state index is 0.0539. The Kier molecular flexibility index (Phi) is 7.20. The topological polar surface area (TPSA) is 104 Å². The molecule has 0 spiro atoms. The zero-order valence-electron chi connectivity index (χ0n) is 15.6. The highest BCUT2D eigenvalue weighted by atomic mass is 32.2. The Labute approximate surface area is 159 Å². The van der Waals surface area contributed by atoms with Crippen molar-refractivity contribution < 1.29 is 27.9 Å². The van der Waals surface area contributed by atoms with E-state index < -0.39 is 28.6 Å². The largest absolute Gasteiger partial charge is 0.482 e. The van der Waals surface area contributed by atoms with Gasteiger partial charge >= 0.3 is 5.97 Å². The molecule has 9 heteroatoms. The van der Waals surface area contributed by atoms with Crippen LogP contribution >= 0.6 is 0 Å². The average molecular weight is 398 g/mol. The molecular formula is C18H26N2O6S. The maximum absolute atomic E-state index is 12.8. The Morgan fingerprint density at radius 2 is 1.96 bits per heavy atom. The summed E-state index contributed by atoms with van der Waals surface area (Å²) in [4.78, 5) is 24.8. The van der Waals surface area contributed by atoms with Crippen molar-refractivity contribution >= 4 is 21.9 Å². The summed E-state index contributed by atoms with van der Waals surface area (Å²) >= 11 is 0. The zero-order valence-corrected chi connectivity index (χ0v) is 16.4. The highest BCUT2D eigenvalue weighted by Gasteiger charge is 2.39. The molecule has 1 saturated heterocycles. The molecule has 150 valence electrons. The SMILES string of the molecule is CCCS(=O)(=O)N1CCCC1C(=O)N(C)Cc1ccc(OCC(=O)O)cc1. The quantitative estimate of drug-likeness (QED) is 0.673. The molecule has 1 aliphatic heterocycles. The summed E-state index contributed by atoms with van der Waals surface area (Å²) < 4.78 is 31.2. The van der Waals surface area contributed by atoms with Crippen molar-refractivity contribution in [1.82, 2.24) is 9.21 Å². The number of carboxylic acids is 1. The van der Waals surface area contributed by atoms with Crippen LogP contribution in [-0.4, -0.2) is 66.6 Å². The van der Waals surface area contributed by atoms with Gasteiger partial charge in [0.2, 0.25) is 15.9 Å². The fourth-order valence-electron chi connectivity index (χ4n) is 3.14. The predicted octanol–water partition coefficient (Wildman–Crippen LogP) is 1.31. The number of likely N-dealkylation sites (N-methyl/N-ethyl adjacent to an activating group) is 1. The smallest absolute Gasteiger partial charge is 0.341 e. The molecule has 2 rings (SSSR count). The van der Waals surface area contributed by atoms with Gasteiger partial charge in [-0.25, -0.2) is 13.2 Å². The number of nitrogens with zero attached hydrogens (tertiary/aromatic N) is 2. The van der Waals surface area contributed by atoms with Gasteiger partial charge in [-0.1, -0.05) is 19.1 Å². The summed E-state index contributed by atoms with van der Waals surface area (Å²) in [5.41, 5.74) is 0.842. The lowest BCUT2D eigenvalue weighted by Gasteiger charge is -2.27. The highest BCUT2D eigenvalue weighted by Crippen LogP contribution is 2.24. The normalized spacial score (nSPS) is 17.6. The number of rotatable bonds is 9. The van der Waals surface area contributed by atoms with E-state index in [4.69, 9.17) is 9.84 Å². The molecule has 1 unspecified atom stereocenters. The molecule has 1 aliphatic rings. The molecule has 0 bridgehead atoms. The van der Waals surface area contributed by atoms with Crippen molar-refractivity contribution in [3.63, 3.8) is 0 Å². The van der Waals surface area contributed by atoms with Crippen LogP contribution in [0.2, 0.25) is 0 Å². The van der Waals surface area contributed by atoms with Crippen LogP contribution in [0, 0.1) is 0 Å². The number of benzene rings is 1. The van der Waals surface area contributed by atoms with Crippen LogP contribution < -0.4 is 4.74 Å². The van der Waals surface area contributed by atoms with Crippen molar-refractivity contribution in [3.8, 4) is 5.75 Å². The molecule has 0 saturated carbocycles. The van der Waals surface area contributed by atoms with Crippen LogP contribution in [-0.2, 0) is 26.2 Å². The Morgan fingerprint density at radius 1 is 1.30 bits per heavy atom. The molecule has 1 fully saturated rings. The molecule has 8 nitrogen and oxygen atoms in total. The monoisotopic (exact) mass is 398 g/mol. The molecule has 1 heterocycles. The Morgan fingerprint density at radius 3 is 2.56 bits per heavy atom. The fraction of sp³-hybridized carbons (Fsp3) is 0.556. The Hall–Kier alpha value is -2.13. The van der Waals surface area contributed by atoms with Crippen LogP contribution in [0.15, 0.2) is 24.3 Å². The minimum atomic E-state index is -3.41. The fourth-order valence-corrected chi connectivity index (χ4v) is 4.88. The van der Waals surface area contributed by atoms with Crippen molar-refractivity contribution in [2.24, 2.45) is 0 Å². The molecule has 1 aromatic carbocycles. The van der Waals surface area contributed by atoms with Gasteiger partial charge < -0.3 is 14.7 Å². The maximum atomic E-state index is 12.8.